The molecule has 178 valence electrons. The van der Waals surface area contributed by atoms with E-state index in [9.17, 15) is 23.2 Å². The average Bonchev–Trinajstić information content (AvgIpc) is 3.04. The first-order chi connectivity index (χ1) is 16.2. The van der Waals surface area contributed by atoms with E-state index in [1.54, 1.807) is 47.1 Å². The molecule has 3 N–H and O–H groups in total. The minimum atomic E-state index is -5.08. The fourth-order valence-electron chi connectivity index (χ4n) is 3.13. The smallest absolute Gasteiger partial charge is 0.475 e. The molecule has 1 amide bonds. The third-order valence-corrected chi connectivity index (χ3v) is 4.78. The number of rotatable bonds is 3. The molecule has 0 aliphatic carbocycles. The van der Waals surface area contributed by atoms with Crippen LogP contribution in [0.25, 0.3) is 5.52 Å². The van der Waals surface area contributed by atoms with Gasteiger partial charge in [0.05, 0.1) is 23.0 Å². The summed E-state index contributed by atoms with van der Waals surface area (Å²) in [7, 11) is 0. The molecule has 0 saturated carbocycles. The number of fused-ring (bicyclic) bond motifs is 1. The summed E-state index contributed by atoms with van der Waals surface area (Å²) in [6, 6.07) is 12.5. The molecule has 34 heavy (non-hydrogen) atoms. The Morgan fingerprint density at radius 1 is 1.15 bits per heavy atom. The quantitative estimate of drug-likeness (QED) is 0.525. The van der Waals surface area contributed by atoms with Crippen molar-refractivity contribution in [3.05, 3.63) is 53.9 Å². The van der Waals surface area contributed by atoms with Crippen LogP contribution in [0.15, 0.2) is 42.6 Å². The minimum absolute atomic E-state index is 0.320. The number of hydrogen-bond acceptors (Lipinski definition) is 7. The first-order valence-electron chi connectivity index (χ1n) is 10.1. The Bertz CT molecular complexity index is 1210. The van der Waals surface area contributed by atoms with Crippen molar-refractivity contribution >= 4 is 29.0 Å². The Hall–Kier alpha value is -4.18. The number of para-hydroxylation sites is 1. The second-order valence-corrected chi connectivity index (χ2v) is 7.12. The number of nitrogens with zero attached hydrogens (tertiary/aromatic N) is 5. The molecule has 1 aromatic carbocycles. The molecule has 0 radical (unpaired) electrons. The van der Waals surface area contributed by atoms with Gasteiger partial charge in [-0.15, -0.1) is 5.10 Å². The van der Waals surface area contributed by atoms with Crippen molar-refractivity contribution in [2.45, 2.75) is 12.6 Å². The van der Waals surface area contributed by atoms with Crippen LogP contribution in [0.5, 0.6) is 0 Å². The number of carbonyl (C=O) groups is 2. The largest absolute Gasteiger partial charge is 0.490 e. The van der Waals surface area contributed by atoms with Crippen LogP contribution in [0, 0.1) is 11.3 Å². The summed E-state index contributed by atoms with van der Waals surface area (Å²) in [4.78, 5) is 28.2. The summed E-state index contributed by atoms with van der Waals surface area (Å²) in [5.74, 6) is -2.47. The third-order valence-electron chi connectivity index (χ3n) is 4.78. The van der Waals surface area contributed by atoms with E-state index in [4.69, 9.17) is 9.90 Å². The molecule has 2 aromatic heterocycles. The normalized spacial score (nSPS) is 13.9. The number of carboxylic acid groups (broad SMARTS) is 1. The number of carbonyl (C=O) groups excluding carboxylic acids is 1. The van der Waals surface area contributed by atoms with E-state index in [-0.39, 0.29) is 5.91 Å². The molecule has 10 nitrogen and oxygen atoms in total. The number of nitrogens with one attached hydrogen (secondary N) is 2. The summed E-state index contributed by atoms with van der Waals surface area (Å²) >= 11 is 0. The van der Waals surface area contributed by atoms with Gasteiger partial charge in [0.1, 0.15) is 11.8 Å². The van der Waals surface area contributed by atoms with Crippen LogP contribution in [0.4, 0.5) is 24.8 Å². The van der Waals surface area contributed by atoms with Gasteiger partial charge in [0.15, 0.2) is 0 Å². The van der Waals surface area contributed by atoms with E-state index in [1.165, 1.54) is 0 Å². The number of benzene rings is 1. The molecule has 3 aromatic rings. The molecular formula is C21H20F3N7O3. The zero-order valence-electron chi connectivity index (χ0n) is 17.7. The predicted octanol–water partition coefficient (Wildman–Crippen LogP) is 2.29. The second-order valence-electron chi connectivity index (χ2n) is 7.12. The molecule has 0 bridgehead atoms. The van der Waals surface area contributed by atoms with Gasteiger partial charge in [0.2, 0.25) is 5.95 Å². The molecule has 1 aliphatic rings. The minimum Gasteiger partial charge on any atom is -0.475 e. The Labute approximate surface area is 191 Å². The van der Waals surface area contributed by atoms with E-state index in [2.05, 4.69) is 31.7 Å². The summed E-state index contributed by atoms with van der Waals surface area (Å²) in [5, 5.41) is 27.1. The van der Waals surface area contributed by atoms with Crippen molar-refractivity contribution in [1.82, 2.24) is 19.9 Å². The zero-order chi connectivity index (χ0) is 24.7. The molecule has 1 aliphatic heterocycles. The highest BCUT2D eigenvalue weighted by molar-refractivity contribution is 6.04. The van der Waals surface area contributed by atoms with Crippen LogP contribution in [-0.4, -0.2) is 63.9 Å². The molecule has 4 rings (SSSR count). The van der Waals surface area contributed by atoms with Gasteiger partial charge >= 0.3 is 12.1 Å². The van der Waals surface area contributed by atoms with Gasteiger partial charge in [0, 0.05) is 19.6 Å². The highest BCUT2D eigenvalue weighted by Crippen LogP contribution is 2.17. The van der Waals surface area contributed by atoms with Crippen LogP contribution in [-0.2, 0) is 4.79 Å². The molecule has 3 heterocycles. The number of carboxylic acids is 1. The first-order valence-corrected chi connectivity index (χ1v) is 10.1. The van der Waals surface area contributed by atoms with Crippen molar-refractivity contribution in [2.24, 2.45) is 0 Å². The van der Waals surface area contributed by atoms with Crippen LogP contribution in [0.2, 0.25) is 0 Å². The molecule has 0 atom stereocenters. The predicted molar refractivity (Wildman–Crippen MR) is 115 cm³/mol. The zero-order valence-corrected chi connectivity index (χ0v) is 17.7. The Morgan fingerprint density at radius 2 is 1.88 bits per heavy atom. The SMILES string of the molecule is N#Cc1ccccc1NC(=O)c1ccc2cnc(N3CCCNCC3)nn12.O=C(O)C(F)(F)F. The fraction of sp³-hybridized carbons (Fsp3) is 0.286. The van der Waals surface area contributed by atoms with Gasteiger partial charge in [-0.3, -0.25) is 4.79 Å². The van der Waals surface area contributed by atoms with E-state index >= 15 is 0 Å². The summed E-state index contributed by atoms with van der Waals surface area (Å²) in [5.41, 5.74) is 2.03. The van der Waals surface area contributed by atoms with Crippen molar-refractivity contribution in [3.63, 3.8) is 0 Å². The Balaban J connectivity index is 0.000000406. The number of halogens is 3. The van der Waals surface area contributed by atoms with Gasteiger partial charge in [-0.2, -0.15) is 18.4 Å². The van der Waals surface area contributed by atoms with Crippen LogP contribution in [0.1, 0.15) is 22.5 Å². The fourth-order valence-corrected chi connectivity index (χ4v) is 3.13. The van der Waals surface area contributed by atoms with Crippen LogP contribution in [0.3, 0.4) is 0 Å². The maximum atomic E-state index is 12.8. The highest BCUT2D eigenvalue weighted by atomic mass is 19.4. The number of anilines is 2. The van der Waals surface area contributed by atoms with Crippen molar-refractivity contribution in [2.75, 3.05) is 36.4 Å². The lowest BCUT2D eigenvalue weighted by Gasteiger charge is -2.19. The second kappa shape index (κ2) is 10.6. The Morgan fingerprint density at radius 3 is 2.59 bits per heavy atom. The molecule has 0 spiro atoms. The number of amides is 1. The first kappa shape index (κ1) is 24.5. The summed E-state index contributed by atoms with van der Waals surface area (Å²) in [6.07, 6.45) is -2.34. The third kappa shape index (κ3) is 5.99. The number of alkyl halides is 3. The number of hydrogen-bond donors (Lipinski definition) is 3. The lowest BCUT2D eigenvalue weighted by Crippen LogP contribution is -2.30. The molecule has 1 saturated heterocycles. The van der Waals surface area contributed by atoms with Gasteiger partial charge in [-0.05, 0) is 37.2 Å². The molecule has 0 unspecified atom stereocenters. The van der Waals surface area contributed by atoms with Gasteiger partial charge in [0.25, 0.3) is 5.91 Å². The van der Waals surface area contributed by atoms with Gasteiger partial charge in [-0.25, -0.2) is 14.3 Å². The molecule has 1 fully saturated rings. The number of aromatic nitrogens is 3. The van der Waals surface area contributed by atoms with Gasteiger partial charge < -0.3 is 20.6 Å². The van der Waals surface area contributed by atoms with E-state index < -0.39 is 12.1 Å². The maximum absolute atomic E-state index is 12.8. The lowest BCUT2D eigenvalue weighted by atomic mass is 10.2. The van der Waals surface area contributed by atoms with E-state index in [0.29, 0.717) is 22.9 Å². The highest BCUT2D eigenvalue weighted by Gasteiger charge is 2.38. The molecular weight excluding hydrogens is 455 g/mol. The van der Waals surface area contributed by atoms with Crippen molar-refractivity contribution in [1.29, 1.82) is 5.26 Å². The number of aliphatic carboxylic acids is 1. The van der Waals surface area contributed by atoms with E-state index in [1.807, 2.05) is 0 Å². The maximum Gasteiger partial charge on any atom is 0.490 e. The van der Waals surface area contributed by atoms with Crippen molar-refractivity contribution < 1.29 is 27.9 Å². The monoisotopic (exact) mass is 475 g/mol. The van der Waals surface area contributed by atoms with E-state index in [0.717, 1.165) is 38.1 Å². The topological polar surface area (TPSA) is 136 Å². The van der Waals surface area contributed by atoms with Gasteiger partial charge in [-0.1, -0.05) is 12.1 Å². The average molecular weight is 475 g/mol. The lowest BCUT2D eigenvalue weighted by molar-refractivity contribution is -0.192. The molecule has 13 heteroatoms. The summed E-state index contributed by atoms with van der Waals surface area (Å²) in [6.45, 7) is 3.56. The van der Waals surface area contributed by atoms with Crippen molar-refractivity contribution in [3.8, 4) is 6.07 Å². The Kier molecular flexibility index (Phi) is 7.64. The number of nitriles is 1. The van der Waals surface area contributed by atoms with Crippen LogP contribution >= 0.6 is 0 Å². The summed E-state index contributed by atoms with van der Waals surface area (Å²) < 4.78 is 33.3. The standard InChI is InChI=1S/C19H19N7O.C2HF3O2/c20-12-14-4-1-2-5-16(14)23-18(27)17-7-6-15-13-22-19(24-26(15)17)25-10-3-8-21-9-11-25;3-2(4,5)1(6)7/h1-2,4-7,13,21H,3,8-11H2,(H,23,27);(H,6,7). The van der Waals surface area contributed by atoms with Crippen LogP contribution < -0.4 is 15.5 Å².